The maximum Gasteiger partial charge on any atom is 0.246 e. The first kappa shape index (κ1) is 52.9. The molecule has 2 aromatic carbocycles. The molecule has 3 aliphatic rings. The first-order chi connectivity index (χ1) is 34.6. The minimum Gasteiger partial charge on any atom is -0.391 e. The Labute approximate surface area is 429 Å². The fourth-order valence-corrected chi connectivity index (χ4v) is 10.9. The molecule has 0 bridgehead atoms. The van der Waals surface area contributed by atoms with Crippen LogP contribution in [0.1, 0.15) is 57.8 Å². The summed E-state index contributed by atoms with van der Waals surface area (Å²) in [5, 5.41) is 17.4. The Hall–Kier alpha value is -5.45. The molecule has 0 saturated carbocycles. The van der Waals surface area contributed by atoms with Crippen molar-refractivity contribution in [2.45, 2.75) is 77.8 Å². The van der Waals surface area contributed by atoms with Crippen LogP contribution in [0.25, 0.3) is 31.2 Å². The Morgan fingerprint density at radius 1 is 0.889 bits per heavy atom. The number of fused-ring (bicyclic) bond motifs is 1. The van der Waals surface area contributed by atoms with Gasteiger partial charge in [0.15, 0.2) is 0 Å². The number of pyridine rings is 1. The number of aromatic nitrogens is 3. The molecule has 0 aliphatic carbocycles. The number of piperazine rings is 1. The quantitative estimate of drug-likeness (QED) is 0.0822. The second-order valence-corrected chi connectivity index (χ2v) is 21.6. The number of likely N-dealkylation sites (tertiary alicyclic amines) is 1. The summed E-state index contributed by atoms with van der Waals surface area (Å²) in [5.41, 5.74) is 6.79. The van der Waals surface area contributed by atoms with Crippen molar-refractivity contribution in [2.24, 2.45) is 5.41 Å². The van der Waals surface area contributed by atoms with E-state index in [4.69, 9.17) is 28.9 Å². The van der Waals surface area contributed by atoms with Crippen LogP contribution >= 0.6 is 22.7 Å². The van der Waals surface area contributed by atoms with Gasteiger partial charge in [0, 0.05) is 56.6 Å². The highest BCUT2D eigenvalue weighted by Gasteiger charge is 2.45. The van der Waals surface area contributed by atoms with Crippen LogP contribution in [0.2, 0.25) is 0 Å². The molecule has 5 aromatic rings. The zero-order chi connectivity index (χ0) is 50.9. The number of nitrogens with zero attached hydrogens (tertiary/aromatic N) is 7. The number of aryl methyl sites for hydroxylation is 1. The lowest BCUT2D eigenvalue weighted by Crippen LogP contribution is -2.58. The van der Waals surface area contributed by atoms with Crippen LogP contribution in [0.3, 0.4) is 0 Å². The molecule has 0 radical (unpaired) electrons. The SMILES string of the molecule is Cc1ncsc1-c1ccc([C@H](C)NC(=O)[C@@H]2C[C@@H](O)CN2C(=O)[C@@H](NC(=O)COCCOCCOCCOC2CCN(c3ccc(-c4nc5ccc(N6CCN(C)CC6=O)cc5s4)cn3)C2)C(C)(C)C)cc1. The van der Waals surface area contributed by atoms with Crippen LogP contribution in [-0.4, -0.2) is 170 Å². The third-order valence-electron chi connectivity index (χ3n) is 13.2. The first-order valence-corrected chi connectivity index (χ1v) is 26.3. The number of benzene rings is 2. The Bertz CT molecular complexity index is 2640. The summed E-state index contributed by atoms with van der Waals surface area (Å²) in [7, 11) is 1.96. The molecule has 72 heavy (non-hydrogen) atoms. The van der Waals surface area contributed by atoms with Gasteiger partial charge in [-0.2, -0.15) is 0 Å². The minimum absolute atomic E-state index is 0.0187. The molecule has 3 aromatic heterocycles. The number of carbonyl (C=O) groups is 4. The van der Waals surface area contributed by atoms with Gasteiger partial charge in [0.05, 0.1) is 90.7 Å². The van der Waals surface area contributed by atoms with E-state index >= 15 is 0 Å². The zero-order valence-electron chi connectivity index (χ0n) is 42.0. The van der Waals surface area contributed by atoms with E-state index in [0.717, 1.165) is 80.0 Å². The Balaban J connectivity index is 0.683. The first-order valence-electron chi connectivity index (χ1n) is 24.7. The lowest BCUT2D eigenvalue weighted by molar-refractivity contribution is -0.144. The van der Waals surface area contributed by atoms with Crippen molar-refractivity contribution < 1.29 is 43.2 Å². The number of rotatable bonds is 21. The second-order valence-electron chi connectivity index (χ2n) is 19.7. The molecule has 3 aliphatic heterocycles. The second kappa shape index (κ2) is 24.1. The monoisotopic (exact) mass is 1030 g/mol. The summed E-state index contributed by atoms with van der Waals surface area (Å²) in [5.74, 6) is -0.286. The van der Waals surface area contributed by atoms with E-state index in [9.17, 15) is 24.3 Å². The summed E-state index contributed by atoms with van der Waals surface area (Å²) in [4.78, 5) is 75.9. The van der Waals surface area contributed by atoms with Gasteiger partial charge in [-0.3, -0.25) is 24.1 Å². The van der Waals surface area contributed by atoms with Gasteiger partial charge in [0.25, 0.3) is 0 Å². The van der Waals surface area contributed by atoms with E-state index in [2.05, 4.69) is 32.7 Å². The van der Waals surface area contributed by atoms with Crippen LogP contribution in [-0.2, 0) is 38.1 Å². The molecule has 20 heteroatoms. The third kappa shape index (κ3) is 13.4. The molecule has 3 N–H and O–H groups in total. The molecule has 5 atom stereocenters. The molecular weight excluding hydrogens is 959 g/mol. The van der Waals surface area contributed by atoms with Gasteiger partial charge in [-0.15, -0.1) is 22.7 Å². The Morgan fingerprint density at radius 3 is 2.32 bits per heavy atom. The van der Waals surface area contributed by atoms with Gasteiger partial charge in [-0.1, -0.05) is 45.0 Å². The lowest BCUT2D eigenvalue weighted by Gasteiger charge is -2.35. The van der Waals surface area contributed by atoms with Crippen molar-refractivity contribution in [1.29, 1.82) is 0 Å². The van der Waals surface area contributed by atoms with Gasteiger partial charge < -0.3 is 49.4 Å². The summed E-state index contributed by atoms with van der Waals surface area (Å²) >= 11 is 3.18. The van der Waals surface area contributed by atoms with E-state index in [1.807, 2.05) is 106 Å². The number of β-amino-alcohol motifs (C(OH)–C–C–N with tert-alkyl or cyclic N) is 1. The fraction of sp³-hybridized carbons (Fsp3) is 0.519. The Kier molecular flexibility index (Phi) is 17.7. The van der Waals surface area contributed by atoms with Crippen LogP contribution < -0.4 is 20.4 Å². The summed E-state index contributed by atoms with van der Waals surface area (Å²) in [6.45, 7) is 14.6. The standard InChI is InChI=1S/C52H67N9O9S2/c1-33(35-7-9-36(10-8-35)47-34(2)54-32-71-47)55-49(65)42-26-39(62)28-61(42)51(66)48(52(3,4)5)57-45(63)31-69-22-21-67-19-20-68-23-24-70-40-15-16-59(29-40)44-14-11-37(27-53-44)50-56-41-13-12-38(25-43(41)72-50)60-18-17-58(6)30-46(60)64/h7-14,25,27,32-33,39-40,42,48,62H,15-24,26,28-31H2,1-6H3,(H,55,65)(H,57,63)/t33-,39+,40?,42-,48+/m0/s1. The molecule has 6 heterocycles. The van der Waals surface area contributed by atoms with Gasteiger partial charge in [-0.25, -0.2) is 15.0 Å². The number of hydrogen-bond donors (Lipinski definition) is 3. The fourth-order valence-electron chi connectivity index (χ4n) is 9.14. The molecule has 4 amide bonds. The smallest absolute Gasteiger partial charge is 0.246 e. The van der Waals surface area contributed by atoms with Crippen LogP contribution in [0, 0.1) is 12.3 Å². The van der Waals surface area contributed by atoms with E-state index in [1.165, 1.54) is 4.90 Å². The highest BCUT2D eigenvalue weighted by atomic mass is 32.1. The Morgan fingerprint density at radius 2 is 1.62 bits per heavy atom. The molecule has 1 unspecified atom stereocenters. The normalized spacial score (nSPS) is 19.6. The van der Waals surface area contributed by atoms with Gasteiger partial charge in [-0.05, 0) is 74.2 Å². The molecular formula is C52H67N9O9S2. The average Bonchev–Trinajstić information content (AvgIpc) is 4.19. The topological polar surface area (TPSA) is 201 Å². The minimum atomic E-state index is -0.968. The van der Waals surface area contributed by atoms with Gasteiger partial charge in [0.2, 0.25) is 23.6 Å². The number of nitrogens with one attached hydrogen (secondary N) is 2. The molecule has 386 valence electrons. The number of ether oxygens (including phenoxy) is 4. The summed E-state index contributed by atoms with van der Waals surface area (Å²) < 4.78 is 24.1. The maximum atomic E-state index is 14.0. The molecule has 3 fully saturated rings. The maximum absolute atomic E-state index is 14.0. The van der Waals surface area contributed by atoms with Crippen molar-refractivity contribution in [3.63, 3.8) is 0 Å². The van der Waals surface area contributed by atoms with Crippen molar-refractivity contribution >= 4 is 68.0 Å². The van der Waals surface area contributed by atoms with Crippen LogP contribution in [0.4, 0.5) is 11.5 Å². The van der Waals surface area contributed by atoms with Gasteiger partial charge in [0.1, 0.15) is 29.5 Å². The summed E-state index contributed by atoms with van der Waals surface area (Å²) in [6, 6.07) is 15.8. The van der Waals surface area contributed by atoms with Crippen molar-refractivity contribution in [3.8, 4) is 21.0 Å². The number of likely N-dealkylation sites (N-methyl/N-ethyl adjacent to an activating group) is 1. The number of hydrogen-bond acceptors (Lipinski definition) is 16. The van der Waals surface area contributed by atoms with Crippen molar-refractivity contribution in [3.05, 3.63) is 77.6 Å². The van der Waals surface area contributed by atoms with E-state index in [1.54, 1.807) is 22.7 Å². The van der Waals surface area contributed by atoms with Crippen LogP contribution in [0.5, 0.6) is 0 Å². The third-order valence-corrected chi connectivity index (χ3v) is 15.2. The molecule has 3 saturated heterocycles. The van der Waals surface area contributed by atoms with Crippen molar-refractivity contribution in [2.75, 3.05) is 102 Å². The zero-order valence-corrected chi connectivity index (χ0v) is 43.6. The predicted molar refractivity (Wildman–Crippen MR) is 278 cm³/mol. The number of anilines is 2. The lowest BCUT2D eigenvalue weighted by atomic mass is 9.85. The number of thiazole rings is 2. The highest BCUT2D eigenvalue weighted by Crippen LogP contribution is 2.34. The average molecular weight is 1030 g/mol. The number of aliphatic hydroxyl groups is 1. The van der Waals surface area contributed by atoms with E-state index in [-0.39, 0.29) is 56.7 Å². The van der Waals surface area contributed by atoms with Crippen molar-refractivity contribution in [1.82, 2.24) is 35.4 Å². The van der Waals surface area contributed by atoms with Gasteiger partial charge >= 0.3 is 0 Å². The number of carbonyl (C=O) groups excluding carboxylic acids is 4. The number of aliphatic hydroxyl groups excluding tert-OH is 1. The molecule has 8 rings (SSSR count). The van der Waals surface area contributed by atoms with Crippen LogP contribution in [0.15, 0.2) is 66.3 Å². The summed E-state index contributed by atoms with van der Waals surface area (Å²) in [6.07, 6.45) is 2.05. The predicted octanol–water partition coefficient (Wildman–Crippen LogP) is 5.08. The molecule has 18 nitrogen and oxygen atoms in total. The van der Waals surface area contributed by atoms with E-state index < -0.39 is 35.4 Å². The van der Waals surface area contributed by atoms with E-state index in [0.29, 0.717) is 39.5 Å². The largest absolute Gasteiger partial charge is 0.391 e. The molecule has 0 spiro atoms. The highest BCUT2D eigenvalue weighted by molar-refractivity contribution is 7.21. The number of amides is 4.